The van der Waals surface area contributed by atoms with Crippen molar-refractivity contribution in [1.29, 1.82) is 0 Å². The van der Waals surface area contributed by atoms with Crippen molar-refractivity contribution in [3.05, 3.63) is 24.3 Å². The summed E-state index contributed by atoms with van der Waals surface area (Å²) >= 11 is 0. The Bertz CT molecular complexity index is 1270. The second-order valence-electron chi connectivity index (χ2n) is 24.5. The van der Waals surface area contributed by atoms with Crippen LogP contribution in [0.4, 0.5) is 0 Å². The maximum Gasteiger partial charge on any atom is 0.306 e. The molecule has 0 aromatic carbocycles. The van der Waals surface area contributed by atoms with Crippen molar-refractivity contribution in [1.82, 2.24) is 0 Å². The van der Waals surface area contributed by atoms with E-state index in [0.29, 0.717) is 19.3 Å². The summed E-state index contributed by atoms with van der Waals surface area (Å²) in [5.74, 6) is -0.842. The molecule has 0 saturated heterocycles. The summed E-state index contributed by atoms with van der Waals surface area (Å²) in [6.45, 7) is 6.70. The van der Waals surface area contributed by atoms with Gasteiger partial charge in [-0.2, -0.15) is 0 Å². The Morgan fingerprint density at radius 1 is 0.253 bits per heavy atom. The van der Waals surface area contributed by atoms with Gasteiger partial charge in [0.15, 0.2) is 6.10 Å². The van der Waals surface area contributed by atoms with E-state index in [0.717, 1.165) is 70.6 Å². The summed E-state index contributed by atoms with van der Waals surface area (Å²) in [6, 6.07) is 0. The van der Waals surface area contributed by atoms with Crippen LogP contribution in [0.25, 0.3) is 0 Å². The van der Waals surface area contributed by atoms with Crippen molar-refractivity contribution in [3.8, 4) is 0 Å². The zero-order chi connectivity index (χ0) is 57.1. The third-order valence-electron chi connectivity index (χ3n) is 16.5. The number of carbonyl (C=O) groups is 3. The minimum absolute atomic E-state index is 0.0680. The van der Waals surface area contributed by atoms with Crippen LogP contribution in [-0.2, 0) is 28.6 Å². The van der Waals surface area contributed by atoms with Gasteiger partial charge >= 0.3 is 17.9 Å². The molecule has 0 aliphatic heterocycles. The van der Waals surface area contributed by atoms with E-state index in [1.807, 2.05) is 0 Å². The molecule has 1 unspecified atom stereocenters. The van der Waals surface area contributed by atoms with Crippen LogP contribution in [0.3, 0.4) is 0 Å². The fraction of sp³-hybridized carbons (Fsp3) is 0.904. The van der Waals surface area contributed by atoms with Crippen molar-refractivity contribution in [2.24, 2.45) is 0 Å². The Morgan fingerprint density at radius 2 is 0.456 bits per heavy atom. The molecule has 0 N–H and O–H groups in total. The number of unbranched alkanes of at least 4 members (excludes halogenated alkanes) is 52. The molecule has 79 heavy (non-hydrogen) atoms. The fourth-order valence-corrected chi connectivity index (χ4v) is 11.1. The highest BCUT2D eigenvalue weighted by Crippen LogP contribution is 2.19. The van der Waals surface area contributed by atoms with Gasteiger partial charge in [0.2, 0.25) is 0 Å². The summed E-state index contributed by atoms with van der Waals surface area (Å²) in [5, 5.41) is 0. The molecule has 6 heteroatoms. The molecular formula is C73H138O6. The molecule has 466 valence electrons. The van der Waals surface area contributed by atoms with Crippen LogP contribution in [0.1, 0.15) is 406 Å². The molecule has 1 atom stereocenters. The SMILES string of the molecule is CCCCC/C=C\C/C=C\CCCCCCCCCC(=O)OC(COC(=O)CCCCCCCCCCCCCCCCCCC)COC(=O)CCCCCCCCCCCCCCCCCCCCCCCCCCCCC. The number of rotatable bonds is 67. The molecule has 0 bridgehead atoms. The van der Waals surface area contributed by atoms with Crippen LogP contribution < -0.4 is 0 Å². The number of ether oxygens (including phenoxy) is 3. The van der Waals surface area contributed by atoms with Crippen LogP contribution in [0.2, 0.25) is 0 Å². The molecule has 0 rings (SSSR count). The molecule has 0 aromatic heterocycles. The van der Waals surface area contributed by atoms with Crippen molar-refractivity contribution in [3.63, 3.8) is 0 Å². The zero-order valence-electron chi connectivity index (χ0n) is 53.7. The predicted octanol–water partition coefficient (Wildman–Crippen LogP) is 24.6. The Balaban J connectivity index is 4.22. The smallest absolute Gasteiger partial charge is 0.306 e. The van der Waals surface area contributed by atoms with Gasteiger partial charge < -0.3 is 14.2 Å². The second-order valence-corrected chi connectivity index (χ2v) is 24.5. The lowest BCUT2D eigenvalue weighted by molar-refractivity contribution is -0.167. The summed E-state index contributed by atoms with van der Waals surface area (Å²) < 4.78 is 17.0. The van der Waals surface area contributed by atoms with E-state index in [9.17, 15) is 14.4 Å². The quantitative estimate of drug-likeness (QED) is 0.0261. The van der Waals surface area contributed by atoms with Gasteiger partial charge in [-0.25, -0.2) is 0 Å². The highest BCUT2D eigenvalue weighted by molar-refractivity contribution is 5.71. The normalized spacial score (nSPS) is 12.1. The van der Waals surface area contributed by atoms with Crippen LogP contribution >= 0.6 is 0 Å². The first-order valence-electron chi connectivity index (χ1n) is 35.8. The second kappa shape index (κ2) is 68.4. The maximum atomic E-state index is 12.9. The first-order chi connectivity index (χ1) is 39.0. The number of esters is 3. The molecule has 0 spiro atoms. The first kappa shape index (κ1) is 76.9. The van der Waals surface area contributed by atoms with Gasteiger partial charge in [0.25, 0.3) is 0 Å². The average Bonchev–Trinajstić information content (AvgIpc) is 3.45. The van der Waals surface area contributed by atoms with Crippen molar-refractivity contribution < 1.29 is 28.6 Å². The van der Waals surface area contributed by atoms with E-state index >= 15 is 0 Å². The van der Waals surface area contributed by atoms with Crippen LogP contribution in [0.15, 0.2) is 24.3 Å². The minimum Gasteiger partial charge on any atom is -0.462 e. The molecule has 0 amide bonds. The summed E-state index contributed by atoms with van der Waals surface area (Å²) in [7, 11) is 0. The first-order valence-corrected chi connectivity index (χ1v) is 35.8. The number of hydrogen-bond acceptors (Lipinski definition) is 6. The summed E-state index contributed by atoms with van der Waals surface area (Å²) in [4.78, 5) is 38.4. The Labute approximate surface area is 493 Å². The van der Waals surface area contributed by atoms with Gasteiger partial charge in [-0.15, -0.1) is 0 Å². The van der Waals surface area contributed by atoms with Crippen molar-refractivity contribution in [2.45, 2.75) is 412 Å². The third kappa shape index (κ3) is 66.6. The molecule has 0 aromatic rings. The molecular weight excluding hydrogens is 973 g/mol. The number of carbonyl (C=O) groups excluding carboxylic acids is 3. The van der Waals surface area contributed by atoms with Crippen LogP contribution in [-0.4, -0.2) is 37.2 Å². The Hall–Kier alpha value is -2.11. The minimum atomic E-state index is -0.773. The predicted molar refractivity (Wildman–Crippen MR) is 344 cm³/mol. The molecule has 6 nitrogen and oxygen atoms in total. The third-order valence-corrected chi connectivity index (χ3v) is 16.5. The zero-order valence-corrected chi connectivity index (χ0v) is 53.7. The van der Waals surface area contributed by atoms with Crippen LogP contribution in [0, 0.1) is 0 Å². The molecule has 0 aliphatic carbocycles. The van der Waals surface area contributed by atoms with Gasteiger partial charge in [-0.05, 0) is 51.4 Å². The Morgan fingerprint density at radius 3 is 0.722 bits per heavy atom. The standard InChI is InChI=1S/C73H138O6/c1-4-7-10-13-16-19-22-25-28-31-32-33-34-35-36-37-38-39-40-43-45-48-51-54-57-60-63-66-72(75)78-69-70(79-73(76)67-64-61-58-55-52-49-46-42-30-27-24-21-18-15-12-9-6-3)68-77-71(74)65-62-59-56-53-50-47-44-41-29-26-23-20-17-14-11-8-5-2/h18,21,27,30,70H,4-17,19-20,22-26,28-29,31-69H2,1-3H3/b21-18-,30-27-. The van der Waals surface area contributed by atoms with E-state index in [4.69, 9.17) is 14.2 Å². The van der Waals surface area contributed by atoms with E-state index < -0.39 is 6.10 Å². The lowest BCUT2D eigenvalue weighted by Crippen LogP contribution is -2.30. The van der Waals surface area contributed by atoms with Gasteiger partial charge in [0.1, 0.15) is 13.2 Å². The maximum absolute atomic E-state index is 12.9. The van der Waals surface area contributed by atoms with Gasteiger partial charge in [-0.1, -0.05) is 360 Å². The molecule has 0 radical (unpaired) electrons. The number of allylic oxidation sites excluding steroid dienone is 4. The topological polar surface area (TPSA) is 78.9 Å². The van der Waals surface area contributed by atoms with Gasteiger partial charge in [0, 0.05) is 19.3 Å². The molecule has 0 aliphatic rings. The van der Waals surface area contributed by atoms with E-state index in [1.54, 1.807) is 0 Å². The van der Waals surface area contributed by atoms with E-state index in [1.165, 1.54) is 295 Å². The van der Waals surface area contributed by atoms with Crippen molar-refractivity contribution in [2.75, 3.05) is 13.2 Å². The average molecular weight is 1110 g/mol. The largest absolute Gasteiger partial charge is 0.462 e. The van der Waals surface area contributed by atoms with E-state index in [-0.39, 0.29) is 31.1 Å². The summed E-state index contributed by atoms with van der Waals surface area (Å²) in [6.07, 6.45) is 83.5. The molecule has 0 fully saturated rings. The highest BCUT2D eigenvalue weighted by Gasteiger charge is 2.19. The van der Waals surface area contributed by atoms with Gasteiger partial charge in [-0.3, -0.25) is 14.4 Å². The van der Waals surface area contributed by atoms with Crippen LogP contribution in [0.5, 0.6) is 0 Å². The fourth-order valence-electron chi connectivity index (χ4n) is 11.1. The van der Waals surface area contributed by atoms with E-state index in [2.05, 4.69) is 45.1 Å². The highest BCUT2D eigenvalue weighted by atomic mass is 16.6. The Kier molecular flexibility index (Phi) is 66.6. The monoisotopic (exact) mass is 1110 g/mol. The number of hydrogen-bond donors (Lipinski definition) is 0. The molecule has 0 heterocycles. The lowest BCUT2D eigenvalue weighted by atomic mass is 10.0. The van der Waals surface area contributed by atoms with Gasteiger partial charge in [0.05, 0.1) is 0 Å². The van der Waals surface area contributed by atoms with Crippen molar-refractivity contribution >= 4 is 17.9 Å². The molecule has 0 saturated carbocycles. The lowest BCUT2D eigenvalue weighted by Gasteiger charge is -2.18. The summed E-state index contributed by atoms with van der Waals surface area (Å²) in [5.41, 5.74) is 0.